The standard InChI is InChI=1S/C24H32O4/c1-14-11-20-18-6-5-16-12-17(26)7-9-23(16,3)19(18)8-10-24(20,4)22(14)21(27)13-28-15(2)25/h8,12,14,18,20,22H,5-7,9-11,13H2,1-4H3/t14-,18?,20?,22+,23-,24-/m0/s1. The molecular weight excluding hydrogens is 352 g/mol. The Balaban J connectivity index is 1.65. The van der Waals surface area contributed by atoms with Gasteiger partial charge in [-0.15, -0.1) is 0 Å². The molecule has 0 aromatic heterocycles. The number of hydrogen-bond donors (Lipinski definition) is 0. The Bertz CT molecular complexity index is 790. The van der Waals surface area contributed by atoms with Crippen LogP contribution in [0.4, 0.5) is 0 Å². The normalized spacial score (nSPS) is 41.9. The van der Waals surface area contributed by atoms with Crippen LogP contribution in [0.5, 0.6) is 0 Å². The van der Waals surface area contributed by atoms with Gasteiger partial charge in [0.25, 0.3) is 0 Å². The third kappa shape index (κ3) is 2.83. The molecule has 0 amide bonds. The largest absolute Gasteiger partial charge is 0.458 e. The minimum Gasteiger partial charge on any atom is -0.458 e. The summed E-state index contributed by atoms with van der Waals surface area (Å²) in [6.07, 6.45) is 9.94. The van der Waals surface area contributed by atoms with Crippen molar-refractivity contribution in [3.05, 3.63) is 23.3 Å². The summed E-state index contributed by atoms with van der Waals surface area (Å²) in [6.45, 7) is 8.06. The second-order valence-electron chi connectivity index (χ2n) is 10.0. The maximum absolute atomic E-state index is 13.0. The monoisotopic (exact) mass is 384 g/mol. The summed E-state index contributed by atoms with van der Waals surface area (Å²) >= 11 is 0. The Morgan fingerprint density at radius 3 is 2.71 bits per heavy atom. The predicted octanol–water partition coefficient (Wildman–Crippen LogP) is 4.43. The first-order valence-electron chi connectivity index (χ1n) is 10.8. The number of allylic oxidation sites excluding steroid dienone is 4. The molecule has 0 bridgehead atoms. The van der Waals surface area contributed by atoms with E-state index >= 15 is 0 Å². The average molecular weight is 385 g/mol. The van der Waals surface area contributed by atoms with E-state index in [1.807, 2.05) is 6.08 Å². The summed E-state index contributed by atoms with van der Waals surface area (Å²) in [5.74, 6) is 1.22. The molecule has 4 aliphatic carbocycles. The molecule has 0 N–H and O–H groups in total. The van der Waals surface area contributed by atoms with Crippen molar-refractivity contribution >= 4 is 17.5 Å². The lowest BCUT2D eigenvalue weighted by molar-refractivity contribution is -0.148. The second kappa shape index (κ2) is 6.67. The fraction of sp³-hybridized carbons (Fsp3) is 0.708. The molecular formula is C24H32O4. The van der Waals surface area contributed by atoms with E-state index in [0.29, 0.717) is 24.2 Å². The van der Waals surface area contributed by atoms with Crippen molar-refractivity contribution in [1.82, 2.24) is 0 Å². The molecule has 0 radical (unpaired) electrons. The number of rotatable bonds is 3. The maximum Gasteiger partial charge on any atom is 0.303 e. The van der Waals surface area contributed by atoms with E-state index < -0.39 is 5.97 Å². The first kappa shape index (κ1) is 19.6. The fourth-order valence-corrected chi connectivity index (χ4v) is 7.17. The molecule has 0 aliphatic heterocycles. The van der Waals surface area contributed by atoms with Crippen molar-refractivity contribution in [2.24, 2.45) is 34.5 Å². The van der Waals surface area contributed by atoms with Crippen molar-refractivity contribution in [3.63, 3.8) is 0 Å². The molecule has 4 heteroatoms. The van der Waals surface area contributed by atoms with Crippen LogP contribution in [0.15, 0.2) is 23.3 Å². The first-order valence-corrected chi connectivity index (χ1v) is 10.8. The van der Waals surface area contributed by atoms with Crippen LogP contribution in [0.3, 0.4) is 0 Å². The number of hydrogen-bond acceptors (Lipinski definition) is 4. The number of esters is 1. The number of carbonyl (C=O) groups excluding carboxylic acids is 3. The summed E-state index contributed by atoms with van der Waals surface area (Å²) in [6, 6.07) is 0. The molecule has 4 aliphatic rings. The van der Waals surface area contributed by atoms with Crippen LogP contribution < -0.4 is 0 Å². The van der Waals surface area contributed by atoms with Gasteiger partial charge in [-0.1, -0.05) is 38.0 Å². The number of ketones is 2. The molecule has 0 heterocycles. The summed E-state index contributed by atoms with van der Waals surface area (Å²) in [7, 11) is 0. The van der Waals surface area contributed by atoms with E-state index in [9.17, 15) is 14.4 Å². The smallest absolute Gasteiger partial charge is 0.303 e. The summed E-state index contributed by atoms with van der Waals surface area (Å²) in [4.78, 5) is 36.1. The molecule has 0 spiro atoms. The Hall–Kier alpha value is -1.71. The topological polar surface area (TPSA) is 60.4 Å². The molecule has 0 saturated heterocycles. The van der Waals surface area contributed by atoms with Gasteiger partial charge >= 0.3 is 5.97 Å². The Morgan fingerprint density at radius 2 is 2.00 bits per heavy atom. The molecule has 6 atom stereocenters. The van der Waals surface area contributed by atoms with Gasteiger partial charge in [0.1, 0.15) is 6.61 Å². The third-order valence-corrected chi connectivity index (χ3v) is 8.44. The van der Waals surface area contributed by atoms with Crippen LogP contribution >= 0.6 is 0 Å². The van der Waals surface area contributed by atoms with Gasteiger partial charge < -0.3 is 4.74 Å². The Kier molecular flexibility index (Phi) is 4.67. The quantitative estimate of drug-likeness (QED) is 0.533. The van der Waals surface area contributed by atoms with E-state index in [1.54, 1.807) is 0 Å². The van der Waals surface area contributed by atoms with Crippen molar-refractivity contribution < 1.29 is 19.1 Å². The molecule has 0 aromatic carbocycles. The van der Waals surface area contributed by atoms with Crippen LogP contribution in [-0.2, 0) is 19.1 Å². The molecule has 2 saturated carbocycles. The minimum absolute atomic E-state index is 0.0290. The molecule has 0 aromatic rings. The van der Waals surface area contributed by atoms with Gasteiger partial charge in [0.15, 0.2) is 11.6 Å². The highest BCUT2D eigenvalue weighted by molar-refractivity contribution is 5.92. The van der Waals surface area contributed by atoms with Gasteiger partial charge in [-0.25, -0.2) is 0 Å². The fourth-order valence-electron chi connectivity index (χ4n) is 7.17. The lowest BCUT2D eigenvalue weighted by atomic mass is 9.51. The zero-order chi connectivity index (χ0) is 20.3. The van der Waals surface area contributed by atoms with Crippen molar-refractivity contribution in [2.45, 2.75) is 66.2 Å². The van der Waals surface area contributed by atoms with Crippen LogP contribution in [0.1, 0.15) is 66.2 Å². The number of carbonyl (C=O) groups is 3. The van der Waals surface area contributed by atoms with Crippen molar-refractivity contribution in [3.8, 4) is 0 Å². The van der Waals surface area contributed by atoms with Crippen LogP contribution in [0.25, 0.3) is 0 Å². The highest BCUT2D eigenvalue weighted by Crippen LogP contribution is 2.65. The SMILES string of the molecule is CC(=O)OCC(=O)[C@H]1[C@@H](C)CC2C3CCC4=CC(=O)CC[C@]4(C)C3=CC[C@@]21C. The number of fused-ring (bicyclic) bond motifs is 5. The van der Waals surface area contributed by atoms with Crippen molar-refractivity contribution in [1.29, 1.82) is 0 Å². The molecule has 4 rings (SSSR count). The second-order valence-corrected chi connectivity index (χ2v) is 10.0. The molecule has 2 unspecified atom stereocenters. The van der Waals surface area contributed by atoms with Gasteiger partial charge in [0.2, 0.25) is 0 Å². The zero-order valence-corrected chi connectivity index (χ0v) is 17.5. The van der Waals surface area contributed by atoms with Gasteiger partial charge in [-0.3, -0.25) is 14.4 Å². The van der Waals surface area contributed by atoms with Crippen LogP contribution in [-0.4, -0.2) is 24.1 Å². The van der Waals surface area contributed by atoms with Gasteiger partial charge in [-0.05, 0) is 61.3 Å². The van der Waals surface area contributed by atoms with Gasteiger partial charge in [-0.2, -0.15) is 0 Å². The summed E-state index contributed by atoms with van der Waals surface area (Å²) in [5.41, 5.74) is 2.82. The van der Waals surface area contributed by atoms with E-state index in [0.717, 1.165) is 32.1 Å². The van der Waals surface area contributed by atoms with E-state index in [1.165, 1.54) is 18.1 Å². The molecule has 152 valence electrons. The molecule has 2 fully saturated rings. The number of ether oxygens (including phenoxy) is 1. The van der Waals surface area contributed by atoms with Crippen LogP contribution in [0, 0.1) is 34.5 Å². The first-order chi connectivity index (χ1) is 13.2. The highest BCUT2D eigenvalue weighted by atomic mass is 16.5. The summed E-state index contributed by atoms with van der Waals surface area (Å²) < 4.78 is 5.05. The Labute approximate surface area is 167 Å². The lowest BCUT2D eigenvalue weighted by Crippen LogP contribution is -2.46. The molecule has 4 nitrogen and oxygen atoms in total. The minimum atomic E-state index is -0.391. The van der Waals surface area contributed by atoms with Gasteiger partial charge in [0.05, 0.1) is 0 Å². The van der Waals surface area contributed by atoms with E-state index in [4.69, 9.17) is 4.74 Å². The van der Waals surface area contributed by atoms with Crippen molar-refractivity contribution in [2.75, 3.05) is 6.61 Å². The molecule has 28 heavy (non-hydrogen) atoms. The average Bonchev–Trinajstić information content (AvgIpc) is 2.90. The summed E-state index contributed by atoms with van der Waals surface area (Å²) in [5, 5.41) is 0. The maximum atomic E-state index is 13.0. The highest BCUT2D eigenvalue weighted by Gasteiger charge is 2.59. The lowest BCUT2D eigenvalue weighted by Gasteiger charge is -2.53. The van der Waals surface area contributed by atoms with E-state index in [2.05, 4.69) is 26.8 Å². The third-order valence-electron chi connectivity index (χ3n) is 8.44. The Morgan fingerprint density at radius 1 is 1.25 bits per heavy atom. The van der Waals surface area contributed by atoms with Crippen LogP contribution in [0.2, 0.25) is 0 Å². The van der Waals surface area contributed by atoms with Gasteiger partial charge in [0, 0.05) is 24.7 Å². The zero-order valence-electron chi connectivity index (χ0n) is 17.5. The predicted molar refractivity (Wildman–Crippen MR) is 106 cm³/mol. The number of Topliss-reactive ketones (excluding diaryl/α,β-unsaturated/α-hetero) is 1. The van der Waals surface area contributed by atoms with E-state index in [-0.39, 0.29) is 34.9 Å².